The van der Waals surface area contributed by atoms with E-state index < -0.39 is 22.9 Å². The van der Waals surface area contributed by atoms with Gasteiger partial charge in [0.1, 0.15) is 5.82 Å². The van der Waals surface area contributed by atoms with Crippen molar-refractivity contribution in [1.29, 1.82) is 0 Å². The van der Waals surface area contributed by atoms with E-state index in [2.05, 4.69) is 0 Å². The molecule has 0 atom stereocenters. The third-order valence-electron chi connectivity index (χ3n) is 2.48. The van der Waals surface area contributed by atoms with Crippen molar-refractivity contribution in [3.8, 4) is 0 Å². The standard InChI is InChI=1S/C11H13F3O/c1-11(2,3-4-15)7-5-9(13)10(14)6-8(7)12/h5-6,15H,3-4H2,1-2H3. The maximum absolute atomic E-state index is 13.4. The third-order valence-corrected chi connectivity index (χ3v) is 2.48. The van der Waals surface area contributed by atoms with Crippen LogP contribution in [0, 0.1) is 17.5 Å². The first kappa shape index (κ1) is 12.0. The summed E-state index contributed by atoms with van der Waals surface area (Å²) in [5.74, 6) is -3.05. The van der Waals surface area contributed by atoms with Gasteiger partial charge < -0.3 is 5.11 Å². The molecule has 1 aromatic rings. The minimum atomic E-state index is -1.20. The highest BCUT2D eigenvalue weighted by atomic mass is 19.2. The maximum Gasteiger partial charge on any atom is 0.161 e. The molecule has 0 fully saturated rings. The van der Waals surface area contributed by atoms with Gasteiger partial charge in [0.15, 0.2) is 11.6 Å². The Labute approximate surface area is 86.5 Å². The average Bonchev–Trinajstić information content (AvgIpc) is 2.11. The second kappa shape index (κ2) is 4.23. The van der Waals surface area contributed by atoms with Gasteiger partial charge in [-0.05, 0) is 23.5 Å². The predicted octanol–water partition coefficient (Wildman–Crippen LogP) is 2.76. The Hall–Kier alpha value is -1.03. The molecule has 1 aromatic carbocycles. The molecule has 0 radical (unpaired) electrons. The van der Waals surface area contributed by atoms with Gasteiger partial charge in [-0.2, -0.15) is 0 Å². The van der Waals surface area contributed by atoms with Crippen LogP contribution in [-0.2, 0) is 5.41 Å². The molecule has 1 nitrogen and oxygen atoms in total. The molecular formula is C11H13F3O. The number of aliphatic hydroxyl groups is 1. The van der Waals surface area contributed by atoms with Crippen molar-refractivity contribution < 1.29 is 18.3 Å². The van der Waals surface area contributed by atoms with Gasteiger partial charge >= 0.3 is 0 Å². The first-order valence-corrected chi connectivity index (χ1v) is 4.64. The van der Waals surface area contributed by atoms with Crippen molar-refractivity contribution in [1.82, 2.24) is 0 Å². The number of benzene rings is 1. The fourth-order valence-electron chi connectivity index (χ4n) is 1.46. The largest absolute Gasteiger partial charge is 0.396 e. The second-order valence-corrected chi connectivity index (χ2v) is 4.10. The first-order valence-electron chi connectivity index (χ1n) is 4.64. The van der Waals surface area contributed by atoms with Crippen LogP contribution in [0.5, 0.6) is 0 Å². The summed E-state index contributed by atoms with van der Waals surface area (Å²) < 4.78 is 39.0. The number of halogens is 3. The lowest BCUT2D eigenvalue weighted by Gasteiger charge is -2.24. The Kier molecular flexibility index (Phi) is 3.39. The van der Waals surface area contributed by atoms with E-state index in [4.69, 9.17) is 5.11 Å². The van der Waals surface area contributed by atoms with Crippen LogP contribution in [0.15, 0.2) is 12.1 Å². The molecule has 0 saturated heterocycles. The van der Waals surface area contributed by atoms with Crippen LogP contribution in [0.3, 0.4) is 0 Å². The van der Waals surface area contributed by atoms with Crippen LogP contribution >= 0.6 is 0 Å². The van der Waals surface area contributed by atoms with Crippen LogP contribution in [-0.4, -0.2) is 11.7 Å². The zero-order chi connectivity index (χ0) is 11.6. The van der Waals surface area contributed by atoms with Gasteiger partial charge in [-0.25, -0.2) is 13.2 Å². The van der Waals surface area contributed by atoms with Gasteiger partial charge in [0.25, 0.3) is 0 Å². The molecule has 0 aliphatic carbocycles. The topological polar surface area (TPSA) is 20.2 Å². The molecule has 15 heavy (non-hydrogen) atoms. The lowest BCUT2D eigenvalue weighted by Crippen LogP contribution is -2.21. The van der Waals surface area contributed by atoms with E-state index in [0.29, 0.717) is 6.07 Å². The lowest BCUT2D eigenvalue weighted by molar-refractivity contribution is 0.249. The summed E-state index contributed by atoms with van der Waals surface area (Å²) in [4.78, 5) is 0. The molecule has 84 valence electrons. The quantitative estimate of drug-likeness (QED) is 0.773. The lowest BCUT2D eigenvalue weighted by atomic mass is 9.81. The Balaban J connectivity index is 3.19. The molecule has 0 heterocycles. The summed E-state index contributed by atoms with van der Waals surface area (Å²) >= 11 is 0. The normalized spacial score (nSPS) is 11.9. The summed E-state index contributed by atoms with van der Waals surface area (Å²) in [5.41, 5.74) is -0.636. The monoisotopic (exact) mass is 218 g/mol. The zero-order valence-electron chi connectivity index (χ0n) is 8.65. The first-order chi connectivity index (χ1) is 6.88. The molecule has 0 aromatic heterocycles. The maximum atomic E-state index is 13.4. The zero-order valence-corrected chi connectivity index (χ0v) is 8.65. The highest BCUT2D eigenvalue weighted by Gasteiger charge is 2.25. The van der Waals surface area contributed by atoms with Crippen LogP contribution < -0.4 is 0 Å². The van der Waals surface area contributed by atoms with Crippen LogP contribution in [0.1, 0.15) is 25.8 Å². The van der Waals surface area contributed by atoms with Crippen LogP contribution in [0.2, 0.25) is 0 Å². The fraction of sp³-hybridized carbons (Fsp3) is 0.455. The van der Waals surface area contributed by atoms with Crippen molar-refractivity contribution in [2.45, 2.75) is 25.7 Å². The number of rotatable bonds is 3. The van der Waals surface area contributed by atoms with Crippen molar-refractivity contribution in [3.05, 3.63) is 35.1 Å². The molecule has 0 bridgehead atoms. The average molecular weight is 218 g/mol. The van der Waals surface area contributed by atoms with E-state index in [1.165, 1.54) is 0 Å². The molecule has 0 unspecified atom stereocenters. The molecule has 0 aliphatic rings. The molecule has 1 N–H and O–H groups in total. The Morgan fingerprint density at radius 2 is 1.60 bits per heavy atom. The molecule has 0 amide bonds. The second-order valence-electron chi connectivity index (χ2n) is 4.10. The predicted molar refractivity (Wildman–Crippen MR) is 51.0 cm³/mol. The minimum absolute atomic E-state index is 0.0791. The van der Waals surface area contributed by atoms with Crippen molar-refractivity contribution in [2.75, 3.05) is 6.61 Å². The summed E-state index contributed by atoms with van der Waals surface area (Å²) in [6, 6.07) is 1.38. The summed E-state index contributed by atoms with van der Waals surface area (Å²) in [7, 11) is 0. The molecule has 4 heteroatoms. The summed E-state index contributed by atoms with van der Waals surface area (Å²) in [6.07, 6.45) is 0.287. The van der Waals surface area contributed by atoms with E-state index in [9.17, 15) is 13.2 Å². The van der Waals surface area contributed by atoms with Crippen molar-refractivity contribution in [2.24, 2.45) is 0 Å². The highest BCUT2D eigenvalue weighted by molar-refractivity contribution is 5.27. The molecular weight excluding hydrogens is 205 g/mol. The van der Waals surface area contributed by atoms with Crippen molar-refractivity contribution in [3.63, 3.8) is 0 Å². The Bertz CT molecular complexity index is 361. The number of hydrogen-bond acceptors (Lipinski definition) is 1. The van der Waals surface area contributed by atoms with Gasteiger partial charge in [-0.15, -0.1) is 0 Å². The summed E-state index contributed by atoms with van der Waals surface area (Å²) in [5, 5.41) is 8.79. The van der Waals surface area contributed by atoms with Gasteiger partial charge in [0, 0.05) is 12.7 Å². The SMILES string of the molecule is CC(C)(CCO)c1cc(F)c(F)cc1F. The summed E-state index contributed by atoms with van der Waals surface area (Å²) in [6.45, 7) is 3.20. The highest BCUT2D eigenvalue weighted by Crippen LogP contribution is 2.30. The van der Waals surface area contributed by atoms with E-state index in [1.807, 2.05) is 0 Å². The van der Waals surface area contributed by atoms with Gasteiger partial charge in [-0.3, -0.25) is 0 Å². The van der Waals surface area contributed by atoms with Crippen molar-refractivity contribution >= 4 is 0 Å². The molecule has 1 rings (SSSR count). The number of aliphatic hydroxyl groups excluding tert-OH is 1. The Morgan fingerprint density at radius 1 is 1.07 bits per heavy atom. The van der Waals surface area contributed by atoms with Gasteiger partial charge in [0.2, 0.25) is 0 Å². The van der Waals surface area contributed by atoms with Crippen LogP contribution in [0.25, 0.3) is 0 Å². The van der Waals surface area contributed by atoms with Gasteiger partial charge in [-0.1, -0.05) is 13.8 Å². The fourth-order valence-corrected chi connectivity index (χ4v) is 1.46. The molecule has 0 spiro atoms. The third kappa shape index (κ3) is 2.50. The van der Waals surface area contributed by atoms with E-state index in [1.54, 1.807) is 13.8 Å². The minimum Gasteiger partial charge on any atom is -0.396 e. The van der Waals surface area contributed by atoms with E-state index >= 15 is 0 Å². The molecule has 0 aliphatic heterocycles. The van der Waals surface area contributed by atoms with E-state index in [0.717, 1.165) is 6.07 Å². The molecule has 0 saturated carbocycles. The van der Waals surface area contributed by atoms with Crippen LogP contribution in [0.4, 0.5) is 13.2 Å². The smallest absolute Gasteiger partial charge is 0.161 e. The van der Waals surface area contributed by atoms with E-state index in [-0.39, 0.29) is 18.6 Å². The number of hydrogen-bond donors (Lipinski definition) is 1. The Morgan fingerprint density at radius 3 is 2.13 bits per heavy atom. The van der Waals surface area contributed by atoms with Gasteiger partial charge in [0.05, 0.1) is 0 Å².